The third-order valence-electron chi connectivity index (χ3n) is 10.5. The summed E-state index contributed by atoms with van der Waals surface area (Å²) in [5, 5.41) is 23.0. The Kier molecular flexibility index (Phi) is 41.7. The molecule has 6 heteroatoms. The van der Waals surface area contributed by atoms with Gasteiger partial charge in [0.2, 0.25) is 5.91 Å². The van der Waals surface area contributed by atoms with E-state index >= 15 is 0 Å². The van der Waals surface area contributed by atoms with Crippen molar-refractivity contribution < 1.29 is 24.5 Å². The summed E-state index contributed by atoms with van der Waals surface area (Å²) in [5.74, 6) is -0.0894. The van der Waals surface area contributed by atoms with Gasteiger partial charge in [-0.1, -0.05) is 192 Å². The number of ether oxygens (including phenoxy) is 1. The maximum atomic E-state index is 12.4. The fourth-order valence-corrected chi connectivity index (χ4v) is 6.90. The van der Waals surface area contributed by atoms with Crippen LogP contribution in [0.1, 0.15) is 239 Å². The highest BCUT2D eigenvalue weighted by atomic mass is 16.5. The molecule has 0 rings (SSSR count). The van der Waals surface area contributed by atoms with E-state index < -0.39 is 12.1 Å². The van der Waals surface area contributed by atoms with Gasteiger partial charge in [-0.05, 0) is 57.8 Å². The Balaban J connectivity index is 3.46. The number of aliphatic hydroxyl groups is 2. The Labute approximate surface area is 329 Å². The first kappa shape index (κ1) is 51.3. The predicted octanol–water partition coefficient (Wildman–Crippen LogP) is 13.2. The number of hydrogen-bond acceptors (Lipinski definition) is 5. The van der Waals surface area contributed by atoms with Crippen LogP contribution in [-0.2, 0) is 14.3 Å². The number of amides is 1. The van der Waals surface area contributed by atoms with E-state index in [1.54, 1.807) is 0 Å². The van der Waals surface area contributed by atoms with Gasteiger partial charge in [0, 0.05) is 12.8 Å². The van der Waals surface area contributed by atoms with Crippen LogP contribution in [0.25, 0.3) is 0 Å². The van der Waals surface area contributed by atoms with E-state index in [1.165, 1.54) is 141 Å². The first-order valence-corrected chi connectivity index (χ1v) is 23.1. The van der Waals surface area contributed by atoms with Gasteiger partial charge in [0.25, 0.3) is 0 Å². The summed E-state index contributed by atoms with van der Waals surface area (Å²) in [6, 6.07) is -0.556. The molecule has 6 nitrogen and oxygen atoms in total. The highest BCUT2D eigenvalue weighted by Crippen LogP contribution is 2.15. The van der Waals surface area contributed by atoms with Crippen molar-refractivity contribution in [2.75, 3.05) is 13.2 Å². The number of carbonyl (C=O) groups excluding carboxylic acids is 2. The van der Waals surface area contributed by atoms with Crippen LogP contribution in [0.5, 0.6) is 0 Å². The predicted molar refractivity (Wildman–Crippen MR) is 227 cm³/mol. The Morgan fingerprint density at radius 1 is 0.528 bits per heavy atom. The topological polar surface area (TPSA) is 95.9 Å². The van der Waals surface area contributed by atoms with E-state index in [9.17, 15) is 19.8 Å². The first-order chi connectivity index (χ1) is 26.0. The monoisotopic (exact) mass is 748 g/mol. The van der Waals surface area contributed by atoms with E-state index in [4.69, 9.17) is 4.74 Å². The van der Waals surface area contributed by atoms with E-state index in [1.807, 2.05) is 0 Å². The largest absolute Gasteiger partial charge is 0.466 e. The molecule has 3 N–H and O–H groups in total. The second-order valence-corrected chi connectivity index (χ2v) is 15.7. The number of nitrogens with one attached hydrogen (secondary N) is 1. The lowest BCUT2D eigenvalue weighted by molar-refractivity contribution is -0.143. The van der Waals surface area contributed by atoms with Crippen molar-refractivity contribution in [1.82, 2.24) is 5.32 Å². The molecule has 0 aromatic heterocycles. The molecule has 53 heavy (non-hydrogen) atoms. The van der Waals surface area contributed by atoms with Crippen molar-refractivity contribution in [1.29, 1.82) is 0 Å². The van der Waals surface area contributed by atoms with Crippen LogP contribution >= 0.6 is 0 Å². The van der Waals surface area contributed by atoms with Crippen molar-refractivity contribution in [3.63, 3.8) is 0 Å². The molecule has 0 fully saturated rings. The van der Waals surface area contributed by atoms with Gasteiger partial charge in [0.15, 0.2) is 0 Å². The lowest BCUT2D eigenvalue weighted by Crippen LogP contribution is -2.45. The molecule has 0 aliphatic heterocycles. The fraction of sp³-hybridized carbons (Fsp3) is 0.872. The summed E-state index contributed by atoms with van der Waals surface area (Å²) in [4.78, 5) is 24.4. The summed E-state index contributed by atoms with van der Waals surface area (Å²) in [5.41, 5.74) is 0. The van der Waals surface area contributed by atoms with Gasteiger partial charge in [-0.2, -0.15) is 0 Å². The molecule has 0 aliphatic carbocycles. The summed E-state index contributed by atoms with van der Waals surface area (Å²) >= 11 is 0. The second kappa shape index (κ2) is 43.1. The molecule has 0 aromatic carbocycles. The van der Waals surface area contributed by atoms with Gasteiger partial charge in [-0.25, -0.2) is 0 Å². The van der Waals surface area contributed by atoms with E-state index in [0.29, 0.717) is 25.9 Å². The van der Waals surface area contributed by atoms with Gasteiger partial charge >= 0.3 is 5.97 Å². The molecule has 0 aromatic rings. The highest BCUT2D eigenvalue weighted by Gasteiger charge is 2.20. The van der Waals surface area contributed by atoms with Crippen LogP contribution in [0, 0.1) is 0 Å². The van der Waals surface area contributed by atoms with Crippen molar-refractivity contribution in [3.05, 3.63) is 24.3 Å². The van der Waals surface area contributed by atoms with Crippen molar-refractivity contribution in [3.8, 4) is 0 Å². The van der Waals surface area contributed by atoms with Gasteiger partial charge in [0.05, 0.1) is 25.4 Å². The summed E-state index contributed by atoms with van der Waals surface area (Å²) in [6.45, 7) is 4.84. The number of rotatable bonds is 42. The fourth-order valence-electron chi connectivity index (χ4n) is 6.90. The molecule has 2 atom stereocenters. The zero-order valence-corrected chi connectivity index (χ0v) is 35.2. The molecule has 312 valence electrons. The van der Waals surface area contributed by atoms with Crippen LogP contribution in [0.15, 0.2) is 24.3 Å². The quantitative estimate of drug-likeness (QED) is 0.0328. The molecule has 1 amide bonds. The second-order valence-electron chi connectivity index (χ2n) is 15.7. The molecular weight excluding hydrogens is 659 g/mol. The van der Waals surface area contributed by atoms with Crippen LogP contribution in [0.2, 0.25) is 0 Å². The summed E-state index contributed by atoms with van der Waals surface area (Å²) < 4.78 is 5.45. The SMILES string of the molecule is CCCCC/C=C\C/C=C\CCCCCCCCCC(=O)OCCCCCCCCCCCCC(=O)NC(CO)C(O)CCCCCCCCCCC. The van der Waals surface area contributed by atoms with Gasteiger partial charge in [0.1, 0.15) is 0 Å². The van der Waals surface area contributed by atoms with Crippen molar-refractivity contribution in [2.24, 2.45) is 0 Å². The molecule has 0 spiro atoms. The highest BCUT2D eigenvalue weighted by molar-refractivity contribution is 5.76. The minimum Gasteiger partial charge on any atom is -0.466 e. The number of allylic oxidation sites excluding steroid dienone is 4. The standard InChI is InChI=1S/C47H89NO5/c1-3-5-7-9-11-13-14-15-16-17-18-19-20-25-29-33-37-41-47(52)53-42-38-34-30-26-22-21-24-28-32-36-40-46(51)48-44(43-49)45(50)39-35-31-27-23-12-10-8-6-4-2/h11,13,15-16,44-45,49-50H,3-10,12,14,17-43H2,1-2H3,(H,48,51)/b13-11-,16-15-. The number of aliphatic hydroxyl groups excluding tert-OH is 2. The average molecular weight is 748 g/mol. The molecule has 0 radical (unpaired) electrons. The van der Waals surface area contributed by atoms with Crippen LogP contribution in [-0.4, -0.2) is 47.4 Å². The van der Waals surface area contributed by atoms with Crippen LogP contribution in [0.3, 0.4) is 0 Å². The van der Waals surface area contributed by atoms with E-state index in [-0.39, 0.29) is 18.5 Å². The van der Waals surface area contributed by atoms with Crippen molar-refractivity contribution in [2.45, 2.75) is 251 Å². The molecule has 0 saturated carbocycles. The number of carbonyl (C=O) groups is 2. The minimum atomic E-state index is -0.676. The molecule has 0 bridgehead atoms. The van der Waals surface area contributed by atoms with Crippen molar-refractivity contribution >= 4 is 11.9 Å². The Bertz CT molecular complexity index is 828. The molecule has 2 unspecified atom stereocenters. The lowest BCUT2D eigenvalue weighted by atomic mass is 10.0. The number of unbranched alkanes of at least 4 members (excludes halogenated alkanes) is 27. The number of esters is 1. The number of hydrogen-bond donors (Lipinski definition) is 3. The third kappa shape index (κ3) is 39.8. The maximum Gasteiger partial charge on any atom is 0.305 e. The molecule has 0 saturated heterocycles. The lowest BCUT2D eigenvalue weighted by Gasteiger charge is -2.22. The zero-order valence-electron chi connectivity index (χ0n) is 35.2. The smallest absolute Gasteiger partial charge is 0.305 e. The minimum absolute atomic E-state index is 0.0276. The third-order valence-corrected chi connectivity index (χ3v) is 10.5. The molecule has 0 aliphatic rings. The zero-order chi connectivity index (χ0) is 38.7. The van der Waals surface area contributed by atoms with Gasteiger partial charge in [-0.15, -0.1) is 0 Å². The first-order valence-electron chi connectivity index (χ1n) is 23.1. The Morgan fingerprint density at radius 3 is 1.47 bits per heavy atom. The molecule has 0 heterocycles. The summed E-state index contributed by atoms with van der Waals surface area (Å²) in [6.07, 6.45) is 48.5. The Hall–Kier alpha value is -1.66. The maximum absolute atomic E-state index is 12.4. The van der Waals surface area contributed by atoms with Crippen LogP contribution in [0.4, 0.5) is 0 Å². The van der Waals surface area contributed by atoms with E-state index in [2.05, 4.69) is 43.5 Å². The van der Waals surface area contributed by atoms with E-state index in [0.717, 1.165) is 64.2 Å². The Morgan fingerprint density at radius 2 is 0.943 bits per heavy atom. The summed E-state index contributed by atoms with van der Waals surface area (Å²) in [7, 11) is 0. The van der Waals surface area contributed by atoms with Crippen LogP contribution < -0.4 is 5.32 Å². The molecular formula is C47H89NO5. The average Bonchev–Trinajstić information content (AvgIpc) is 3.16. The normalized spacial score (nSPS) is 12.9. The van der Waals surface area contributed by atoms with Gasteiger partial charge in [-0.3, -0.25) is 9.59 Å². The van der Waals surface area contributed by atoms with Gasteiger partial charge < -0.3 is 20.3 Å².